The molecule has 27 heavy (non-hydrogen) atoms. The van der Waals surface area contributed by atoms with Crippen molar-refractivity contribution in [2.24, 2.45) is 0 Å². The van der Waals surface area contributed by atoms with E-state index in [1.807, 2.05) is 54.6 Å². The fourth-order valence-electron chi connectivity index (χ4n) is 3.14. The normalized spacial score (nSPS) is 12.2. The third kappa shape index (κ3) is 5.16. The molecule has 0 saturated heterocycles. The van der Waals surface area contributed by atoms with Gasteiger partial charge in [0, 0.05) is 6.42 Å². The van der Waals surface area contributed by atoms with Gasteiger partial charge in [0.15, 0.2) is 5.78 Å². The van der Waals surface area contributed by atoms with Crippen LogP contribution in [-0.4, -0.2) is 20.8 Å². The molecule has 1 aromatic heterocycles. The molecule has 1 atom stereocenters. The van der Waals surface area contributed by atoms with Crippen LogP contribution in [0.4, 0.5) is 0 Å². The van der Waals surface area contributed by atoms with Crippen LogP contribution in [0, 0.1) is 0 Å². The monoisotopic (exact) mass is 365 g/mol. The van der Waals surface area contributed by atoms with Crippen molar-refractivity contribution < 1.29 is 9.53 Å². The first-order chi connectivity index (χ1) is 13.3. The first-order valence-corrected chi connectivity index (χ1v) is 9.84. The Morgan fingerprint density at radius 2 is 1.67 bits per heavy atom. The van der Waals surface area contributed by atoms with Crippen molar-refractivity contribution >= 4 is 16.8 Å². The van der Waals surface area contributed by atoms with Crippen LogP contribution in [-0.2, 0) is 4.79 Å². The first-order valence-electron chi connectivity index (χ1n) is 9.84. The molecule has 5 nitrogen and oxygen atoms in total. The molecule has 5 heteroatoms. The Morgan fingerprint density at radius 3 is 2.48 bits per heavy atom. The number of hydrogen-bond donors (Lipinski definition) is 0. The molecular weight excluding hydrogens is 338 g/mol. The second kappa shape index (κ2) is 9.86. The molecular formula is C22H27N3O2. The average molecular weight is 365 g/mol. The summed E-state index contributed by atoms with van der Waals surface area (Å²) in [5.74, 6) is 0.684. The molecule has 2 aromatic carbocycles. The molecule has 0 spiro atoms. The van der Waals surface area contributed by atoms with Crippen LogP contribution < -0.4 is 4.74 Å². The van der Waals surface area contributed by atoms with E-state index >= 15 is 0 Å². The van der Waals surface area contributed by atoms with Crippen molar-refractivity contribution in [2.45, 2.75) is 58.1 Å². The standard InChI is InChI=1S/C22H27N3O2/c1-2-3-4-5-6-10-17-21(26)22(27-18-13-8-7-9-14-18)25-20-16-12-11-15-19(20)23-24-25/h7-9,11-16,22H,2-6,10,17H2,1H3. The van der Waals surface area contributed by atoms with Gasteiger partial charge in [0.25, 0.3) is 6.23 Å². The number of carbonyl (C=O) groups excluding carboxylic acids is 1. The van der Waals surface area contributed by atoms with Crippen LogP contribution >= 0.6 is 0 Å². The van der Waals surface area contributed by atoms with Crippen molar-refractivity contribution in [3.8, 4) is 5.75 Å². The number of unbranched alkanes of at least 4 members (excludes halogenated alkanes) is 5. The van der Waals surface area contributed by atoms with Gasteiger partial charge in [-0.15, -0.1) is 5.10 Å². The zero-order valence-corrected chi connectivity index (χ0v) is 15.9. The Labute approximate surface area is 160 Å². The lowest BCUT2D eigenvalue weighted by Gasteiger charge is -2.18. The molecule has 0 fully saturated rings. The van der Waals surface area contributed by atoms with E-state index in [0.29, 0.717) is 12.2 Å². The Morgan fingerprint density at radius 1 is 0.963 bits per heavy atom. The fraction of sp³-hybridized carbons (Fsp3) is 0.409. The number of para-hydroxylation sites is 2. The SMILES string of the molecule is CCCCCCCCC(=O)C(Oc1ccccc1)n1nnc2ccccc21. The first kappa shape index (κ1) is 19.1. The highest BCUT2D eigenvalue weighted by Crippen LogP contribution is 2.23. The van der Waals surface area contributed by atoms with Crippen LogP contribution in [0.2, 0.25) is 0 Å². The van der Waals surface area contributed by atoms with Crippen LogP contribution in [0.1, 0.15) is 58.1 Å². The number of carbonyl (C=O) groups is 1. The highest BCUT2D eigenvalue weighted by atomic mass is 16.5. The highest BCUT2D eigenvalue weighted by Gasteiger charge is 2.25. The number of rotatable bonds is 11. The van der Waals surface area contributed by atoms with E-state index in [9.17, 15) is 4.79 Å². The van der Waals surface area contributed by atoms with Crippen LogP contribution in [0.15, 0.2) is 54.6 Å². The predicted octanol–water partition coefficient (Wildman–Crippen LogP) is 5.33. The molecule has 0 aliphatic heterocycles. The Kier molecular flexibility index (Phi) is 6.97. The topological polar surface area (TPSA) is 57.0 Å². The molecule has 3 rings (SSSR count). The number of fused-ring (bicyclic) bond motifs is 1. The number of ketones is 1. The Hall–Kier alpha value is -2.69. The van der Waals surface area contributed by atoms with Crippen molar-refractivity contribution in [2.75, 3.05) is 0 Å². The molecule has 0 aliphatic carbocycles. The minimum Gasteiger partial charge on any atom is -0.461 e. The maximum atomic E-state index is 13.0. The number of hydrogen-bond acceptors (Lipinski definition) is 4. The molecule has 142 valence electrons. The summed E-state index contributed by atoms with van der Waals surface area (Å²) in [6.45, 7) is 2.21. The zero-order valence-electron chi connectivity index (χ0n) is 15.9. The molecule has 0 aliphatic rings. The van der Waals surface area contributed by atoms with Gasteiger partial charge in [-0.3, -0.25) is 4.79 Å². The van der Waals surface area contributed by atoms with Crippen molar-refractivity contribution in [3.63, 3.8) is 0 Å². The summed E-state index contributed by atoms with van der Waals surface area (Å²) < 4.78 is 7.63. The summed E-state index contributed by atoms with van der Waals surface area (Å²) in [5, 5.41) is 8.38. The number of Topliss-reactive ketones (excluding diaryl/α,β-unsaturated/α-hetero) is 1. The lowest BCUT2D eigenvalue weighted by atomic mass is 10.1. The smallest absolute Gasteiger partial charge is 0.252 e. The van der Waals surface area contributed by atoms with E-state index in [4.69, 9.17) is 4.74 Å². The molecule has 0 radical (unpaired) electrons. The van der Waals surface area contributed by atoms with Crippen molar-refractivity contribution in [1.82, 2.24) is 15.0 Å². The second-order valence-electron chi connectivity index (χ2n) is 6.79. The lowest BCUT2D eigenvalue weighted by Crippen LogP contribution is -2.26. The van der Waals surface area contributed by atoms with Gasteiger partial charge >= 0.3 is 0 Å². The molecule has 0 amide bonds. The van der Waals surface area contributed by atoms with Crippen molar-refractivity contribution in [1.29, 1.82) is 0 Å². The van der Waals surface area contributed by atoms with Gasteiger partial charge in [-0.2, -0.15) is 4.68 Å². The largest absolute Gasteiger partial charge is 0.461 e. The average Bonchev–Trinajstić information content (AvgIpc) is 3.13. The van der Waals surface area contributed by atoms with Gasteiger partial charge in [0.05, 0.1) is 5.52 Å². The van der Waals surface area contributed by atoms with E-state index in [-0.39, 0.29) is 5.78 Å². The van der Waals surface area contributed by atoms with E-state index in [0.717, 1.165) is 23.9 Å². The van der Waals surface area contributed by atoms with Gasteiger partial charge in [-0.25, -0.2) is 0 Å². The summed E-state index contributed by atoms with van der Waals surface area (Å²) in [4.78, 5) is 13.0. The van der Waals surface area contributed by atoms with Gasteiger partial charge in [0.2, 0.25) is 0 Å². The minimum atomic E-state index is -0.796. The second-order valence-corrected chi connectivity index (χ2v) is 6.79. The molecule has 3 aromatic rings. The quantitative estimate of drug-likeness (QED) is 0.431. The van der Waals surface area contributed by atoms with Gasteiger partial charge in [-0.1, -0.05) is 74.6 Å². The van der Waals surface area contributed by atoms with Crippen LogP contribution in [0.3, 0.4) is 0 Å². The lowest BCUT2D eigenvalue weighted by molar-refractivity contribution is -0.130. The van der Waals surface area contributed by atoms with Gasteiger partial charge in [-0.05, 0) is 30.7 Å². The maximum Gasteiger partial charge on any atom is 0.252 e. The summed E-state index contributed by atoms with van der Waals surface area (Å²) in [6, 6.07) is 17.0. The Balaban J connectivity index is 1.73. The fourth-order valence-corrected chi connectivity index (χ4v) is 3.14. The van der Waals surface area contributed by atoms with Gasteiger partial charge < -0.3 is 4.74 Å². The van der Waals surface area contributed by atoms with Crippen molar-refractivity contribution in [3.05, 3.63) is 54.6 Å². The zero-order chi connectivity index (χ0) is 18.9. The molecule has 1 heterocycles. The third-order valence-electron chi connectivity index (χ3n) is 4.64. The number of ether oxygens (including phenoxy) is 1. The summed E-state index contributed by atoms with van der Waals surface area (Å²) in [6.07, 6.45) is 6.54. The molecule has 0 bridgehead atoms. The number of nitrogens with zero attached hydrogens (tertiary/aromatic N) is 3. The highest BCUT2D eigenvalue weighted by molar-refractivity contribution is 5.84. The third-order valence-corrected chi connectivity index (χ3v) is 4.64. The summed E-state index contributed by atoms with van der Waals surface area (Å²) >= 11 is 0. The van der Waals surface area contributed by atoms with E-state index < -0.39 is 6.23 Å². The summed E-state index contributed by atoms with van der Waals surface area (Å²) in [7, 11) is 0. The maximum absolute atomic E-state index is 13.0. The molecule has 0 saturated carbocycles. The van der Waals surface area contributed by atoms with Crippen LogP contribution in [0.25, 0.3) is 11.0 Å². The molecule has 1 unspecified atom stereocenters. The van der Waals surface area contributed by atoms with Gasteiger partial charge in [0.1, 0.15) is 11.3 Å². The van der Waals surface area contributed by atoms with Crippen LogP contribution in [0.5, 0.6) is 5.75 Å². The Bertz CT molecular complexity index is 845. The predicted molar refractivity (Wildman–Crippen MR) is 107 cm³/mol. The van der Waals surface area contributed by atoms with E-state index in [1.54, 1.807) is 4.68 Å². The number of aromatic nitrogens is 3. The summed E-state index contributed by atoms with van der Waals surface area (Å²) in [5.41, 5.74) is 1.56. The minimum absolute atomic E-state index is 0.0324. The van der Waals surface area contributed by atoms with E-state index in [2.05, 4.69) is 17.2 Å². The van der Waals surface area contributed by atoms with E-state index in [1.165, 1.54) is 25.7 Å². The molecule has 0 N–H and O–H groups in total. The number of benzene rings is 2.